The Morgan fingerprint density at radius 2 is 1.63 bits per heavy atom. The van der Waals surface area contributed by atoms with Crippen LogP contribution in [0, 0.1) is 0 Å². The number of benzene rings is 2. The Balaban J connectivity index is 1.66. The summed E-state index contributed by atoms with van der Waals surface area (Å²) in [6, 6.07) is 16.1. The average molecular weight is 367 g/mol. The van der Waals surface area contributed by atoms with Gasteiger partial charge in [-0.1, -0.05) is 51.1 Å². The number of nitrogens with zero attached hydrogens (tertiary/aromatic N) is 1. The van der Waals surface area contributed by atoms with E-state index in [2.05, 4.69) is 42.4 Å². The summed E-state index contributed by atoms with van der Waals surface area (Å²) in [5.41, 5.74) is 4.11. The van der Waals surface area contributed by atoms with E-state index in [1.807, 2.05) is 42.5 Å². The number of para-hydroxylation sites is 3. The number of hydrogen-bond donors (Lipinski definition) is 2. The third-order valence-corrected chi connectivity index (χ3v) is 4.70. The van der Waals surface area contributed by atoms with E-state index in [-0.39, 0.29) is 17.9 Å². The van der Waals surface area contributed by atoms with Gasteiger partial charge in [-0.2, -0.15) is 0 Å². The molecule has 0 saturated carbocycles. The average Bonchev–Trinajstić information content (AvgIpc) is 2.67. The van der Waals surface area contributed by atoms with Crippen LogP contribution in [0.2, 0.25) is 0 Å². The molecular weight excluding hydrogens is 338 g/mol. The highest BCUT2D eigenvalue weighted by Gasteiger charge is 2.18. The van der Waals surface area contributed by atoms with Gasteiger partial charge in [-0.3, -0.25) is 4.79 Å². The zero-order valence-corrected chi connectivity index (χ0v) is 16.4. The van der Waals surface area contributed by atoms with Gasteiger partial charge in [-0.15, -0.1) is 0 Å². The van der Waals surface area contributed by atoms with E-state index in [0.717, 1.165) is 30.2 Å². The Hall–Kier alpha value is -2.53. The highest BCUT2D eigenvalue weighted by atomic mass is 16.5. The predicted octanol–water partition coefficient (Wildman–Crippen LogP) is 3.87. The summed E-state index contributed by atoms with van der Waals surface area (Å²) in [4.78, 5) is 14.8. The lowest BCUT2D eigenvalue weighted by molar-refractivity contribution is -0.114. The van der Waals surface area contributed by atoms with Gasteiger partial charge in [0.2, 0.25) is 5.91 Å². The van der Waals surface area contributed by atoms with Crippen LogP contribution in [0.5, 0.6) is 0 Å². The lowest BCUT2D eigenvalue weighted by Crippen LogP contribution is -2.37. The molecule has 3 rings (SSSR count). The van der Waals surface area contributed by atoms with Crippen LogP contribution >= 0.6 is 0 Å². The number of hydrogen-bond acceptors (Lipinski definition) is 4. The van der Waals surface area contributed by atoms with E-state index >= 15 is 0 Å². The zero-order valence-electron chi connectivity index (χ0n) is 16.4. The first-order valence-electron chi connectivity index (χ1n) is 9.50. The molecule has 1 saturated heterocycles. The summed E-state index contributed by atoms with van der Waals surface area (Å²) in [7, 11) is 0. The van der Waals surface area contributed by atoms with Crippen molar-refractivity contribution in [3.05, 3.63) is 54.1 Å². The number of nitrogens with one attached hydrogen (secondary N) is 2. The third-order valence-electron chi connectivity index (χ3n) is 4.70. The number of morpholine rings is 1. The van der Waals surface area contributed by atoms with Crippen LogP contribution in [0.3, 0.4) is 0 Å². The van der Waals surface area contributed by atoms with Crippen LogP contribution in [0.25, 0.3) is 0 Å². The van der Waals surface area contributed by atoms with Crippen LogP contribution in [0.4, 0.5) is 17.1 Å². The standard InChI is InChI=1S/C22H29N3O2/c1-22(2,3)17-8-4-5-9-18(17)23-16-21(26)24-19-10-6-7-11-20(19)25-12-14-27-15-13-25/h4-11,23H,12-16H2,1-3H3,(H,24,26). The van der Waals surface area contributed by atoms with Crippen molar-refractivity contribution < 1.29 is 9.53 Å². The molecule has 1 aliphatic heterocycles. The number of anilines is 3. The van der Waals surface area contributed by atoms with Gasteiger partial charge >= 0.3 is 0 Å². The first-order chi connectivity index (χ1) is 12.9. The second-order valence-electron chi connectivity index (χ2n) is 7.81. The topological polar surface area (TPSA) is 53.6 Å². The Bertz CT molecular complexity index is 777. The van der Waals surface area contributed by atoms with Crippen molar-refractivity contribution >= 4 is 23.0 Å². The van der Waals surface area contributed by atoms with Crippen LogP contribution in [-0.2, 0) is 14.9 Å². The minimum Gasteiger partial charge on any atom is -0.378 e. The summed E-state index contributed by atoms with van der Waals surface area (Å²) in [5.74, 6) is -0.0561. The SMILES string of the molecule is CC(C)(C)c1ccccc1NCC(=O)Nc1ccccc1N1CCOCC1. The lowest BCUT2D eigenvalue weighted by atomic mass is 9.86. The van der Waals surface area contributed by atoms with Gasteiger partial charge in [0.05, 0.1) is 31.1 Å². The van der Waals surface area contributed by atoms with Crippen molar-refractivity contribution in [3.63, 3.8) is 0 Å². The molecule has 0 spiro atoms. The van der Waals surface area contributed by atoms with Gasteiger partial charge in [0, 0.05) is 18.8 Å². The van der Waals surface area contributed by atoms with Gasteiger partial charge in [0.25, 0.3) is 0 Å². The molecule has 0 bridgehead atoms. The highest BCUT2D eigenvalue weighted by molar-refractivity contribution is 5.96. The first-order valence-corrected chi connectivity index (χ1v) is 9.50. The van der Waals surface area contributed by atoms with Crippen molar-refractivity contribution in [2.75, 3.05) is 48.4 Å². The van der Waals surface area contributed by atoms with Crippen LogP contribution in [-0.4, -0.2) is 38.8 Å². The summed E-state index contributed by atoms with van der Waals surface area (Å²) in [6.07, 6.45) is 0. The molecule has 1 heterocycles. The van der Waals surface area contributed by atoms with Gasteiger partial charge in [-0.25, -0.2) is 0 Å². The van der Waals surface area contributed by atoms with E-state index in [4.69, 9.17) is 4.74 Å². The maximum atomic E-state index is 12.6. The number of rotatable bonds is 5. The lowest BCUT2D eigenvalue weighted by Gasteiger charge is -2.30. The second kappa shape index (κ2) is 8.44. The fourth-order valence-electron chi connectivity index (χ4n) is 3.32. The maximum absolute atomic E-state index is 12.6. The van der Waals surface area contributed by atoms with Gasteiger partial charge in [-0.05, 0) is 29.2 Å². The first kappa shape index (κ1) is 19.2. The van der Waals surface area contributed by atoms with E-state index < -0.39 is 0 Å². The number of carbonyl (C=O) groups is 1. The highest BCUT2D eigenvalue weighted by Crippen LogP contribution is 2.29. The molecule has 1 aliphatic rings. The smallest absolute Gasteiger partial charge is 0.243 e. The Morgan fingerprint density at radius 1 is 1.00 bits per heavy atom. The molecule has 27 heavy (non-hydrogen) atoms. The molecule has 5 heteroatoms. The number of carbonyl (C=O) groups excluding carboxylic acids is 1. The van der Waals surface area contributed by atoms with Crippen LogP contribution in [0.15, 0.2) is 48.5 Å². The van der Waals surface area contributed by atoms with Crippen molar-refractivity contribution in [1.29, 1.82) is 0 Å². The zero-order chi connectivity index (χ0) is 19.3. The normalized spacial score (nSPS) is 14.7. The van der Waals surface area contributed by atoms with E-state index in [1.54, 1.807) is 0 Å². The maximum Gasteiger partial charge on any atom is 0.243 e. The molecule has 0 atom stereocenters. The van der Waals surface area contributed by atoms with Gasteiger partial charge < -0.3 is 20.3 Å². The molecule has 0 radical (unpaired) electrons. The Morgan fingerprint density at radius 3 is 2.33 bits per heavy atom. The number of amides is 1. The largest absolute Gasteiger partial charge is 0.378 e. The summed E-state index contributed by atoms with van der Waals surface area (Å²) >= 11 is 0. The van der Waals surface area contributed by atoms with Crippen LogP contribution < -0.4 is 15.5 Å². The molecule has 0 aliphatic carbocycles. The van der Waals surface area contributed by atoms with Crippen molar-refractivity contribution in [1.82, 2.24) is 0 Å². The molecule has 144 valence electrons. The molecule has 2 N–H and O–H groups in total. The van der Waals surface area contributed by atoms with Gasteiger partial charge in [0.15, 0.2) is 0 Å². The van der Waals surface area contributed by atoms with E-state index in [9.17, 15) is 4.79 Å². The molecule has 2 aromatic carbocycles. The Kier molecular flexibility index (Phi) is 6.01. The predicted molar refractivity (Wildman–Crippen MR) is 112 cm³/mol. The molecule has 0 unspecified atom stereocenters. The molecule has 0 aromatic heterocycles. The molecule has 2 aromatic rings. The van der Waals surface area contributed by atoms with E-state index in [0.29, 0.717) is 13.2 Å². The van der Waals surface area contributed by atoms with E-state index in [1.165, 1.54) is 5.56 Å². The molecular formula is C22H29N3O2. The van der Waals surface area contributed by atoms with Crippen LogP contribution in [0.1, 0.15) is 26.3 Å². The molecule has 1 fully saturated rings. The minimum absolute atomic E-state index is 0.0169. The summed E-state index contributed by atoms with van der Waals surface area (Å²) < 4.78 is 5.43. The summed E-state index contributed by atoms with van der Waals surface area (Å²) in [6.45, 7) is 9.85. The van der Waals surface area contributed by atoms with Crippen molar-refractivity contribution in [2.24, 2.45) is 0 Å². The third kappa shape index (κ3) is 5.01. The Labute approximate surface area is 161 Å². The summed E-state index contributed by atoms with van der Waals surface area (Å²) in [5, 5.41) is 6.35. The van der Waals surface area contributed by atoms with Crippen molar-refractivity contribution in [3.8, 4) is 0 Å². The fourth-order valence-corrected chi connectivity index (χ4v) is 3.32. The fraction of sp³-hybridized carbons (Fsp3) is 0.409. The quantitative estimate of drug-likeness (QED) is 0.842. The van der Waals surface area contributed by atoms with Crippen molar-refractivity contribution in [2.45, 2.75) is 26.2 Å². The number of ether oxygens (including phenoxy) is 1. The monoisotopic (exact) mass is 367 g/mol. The van der Waals surface area contributed by atoms with Gasteiger partial charge in [0.1, 0.15) is 0 Å². The molecule has 1 amide bonds. The molecule has 5 nitrogen and oxygen atoms in total. The minimum atomic E-state index is -0.0561. The second-order valence-corrected chi connectivity index (χ2v) is 7.81.